The lowest BCUT2D eigenvalue weighted by molar-refractivity contribution is -0.153. The maximum absolute atomic E-state index is 12.5. The van der Waals surface area contributed by atoms with E-state index in [0.29, 0.717) is 17.2 Å². The molecule has 2 aromatic heterocycles. The zero-order chi connectivity index (χ0) is 21.9. The van der Waals surface area contributed by atoms with E-state index in [1.807, 2.05) is 0 Å². The van der Waals surface area contributed by atoms with Gasteiger partial charge in [0.1, 0.15) is 5.75 Å². The van der Waals surface area contributed by atoms with Crippen molar-refractivity contribution in [2.45, 2.75) is 17.9 Å². The number of rotatable bonds is 8. The van der Waals surface area contributed by atoms with Crippen LogP contribution in [-0.2, 0) is 16.6 Å². The Hall–Kier alpha value is -3.06. The zero-order valence-electron chi connectivity index (χ0n) is 15.8. The number of aromatic amines is 1. The highest BCUT2D eigenvalue weighted by atomic mass is 32.2. The van der Waals surface area contributed by atoms with Gasteiger partial charge in [0.2, 0.25) is 5.16 Å². The van der Waals surface area contributed by atoms with E-state index in [1.54, 1.807) is 0 Å². The number of imidazole rings is 1. The number of hydrogen-bond acceptors (Lipinski definition) is 7. The van der Waals surface area contributed by atoms with E-state index in [-0.39, 0.29) is 23.3 Å². The Morgan fingerprint density at radius 1 is 1.13 bits per heavy atom. The molecule has 162 valence electrons. The van der Waals surface area contributed by atoms with Crippen molar-refractivity contribution in [3.05, 3.63) is 36.2 Å². The van der Waals surface area contributed by atoms with Crippen molar-refractivity contribution in [1.29, 1.82) is 0 Å². The normalized spacial score (nSPS) is 12.2. The summed E-state index contributed by atoms with van der Waals surface area (Å²) in [7, 11) is -1.17. The van der Waals surface area contributed by atoms with Crippen molar-refractivity contribution in [3.8, 4) is 17.2 Å². The molecule has 0 unspecified atom stereocenters. The van der Waals surface area contributed by atoms with Crippen molar-refractivity contribution in [3.63, 3.8) is 0 Å². The fourth-order valence-corrected chi connectivity index (χ4v) is 3.40. The van der Waals surface area contributed by atoms with Gasteiger partial charge in [0, 0.05) is 12.1 Å². The Morgan fingerprint density at radius 3 is 2.53 bits per heavy atom. The van der Waals surface area contributed by atoms with Gasteiger partial charge in [-0.05, 0) is 12.1 Å². The first-order chi connectivity index (χ1) is 14.1. The van der Waals surface area contributed by atoms with Crippen LogP contribution in [0.3, 0.4) is 0 Å². The van der Waals surface area contributed by atoms with Crippen LogP contribution in [-0.4, -0.2) is 50.4 Å². The van der Waals surface area contributed by atoms with Crippen LogP contribution in [0.4, 0.5) is 13.2 Å². The van der Waals surface area contributed by atoms with Gasteiger partial charge in [-0.1, -0.05) is 0 Å². The van der Waals surface area contributed by atoms with Crippen molar-refractivity contribution in [1.82, 2.24) is 19.7 Å². The number of methoxy groups -OCH3 is 2. The topological polar surface area (TPSA) is 115 Å². The highest BCUT2D eigenvalue weighted by Gasteiger charge is 2.28. The first-order valence-corrected chi connectivity index (χ1v) is 9.85. The highest BCUT2D eigenvalue weighted by molar-refractivity contribution is 7.89. The summed E-state index contributed by atoms with van der Waals surface area (Å²) >= 11 is 0. The van der Waals surface area contributed by atoms with Gasteiger partial charge in [0.25, 0.3) is 10.0 Å². The minimum absolute atomic E-state index is 0.0742. The molecular weight excluding hydrogens is 429 g/mol. The van der Waals surface area contributed by atoms with Crippen LogP contribution in [0.2, 0.25) is 0 Å². The second-order valence-corrected chi connectivity index (χ2v) is 7.66. The van der Waals surface area contributed by atoms with Crippen LogP contribution in [0.5, 0.6) is 17.2 Å². The van der Waals surface area contributed by atoms with E-state index in [4.69, 9.17) is 9.47 Å². The summed E-state index contributed by atoms with van der Waals surface area (Å²) in [6.45, 7) is -1.61. The number of H-pyrrole nitrogens is 1. The number of pyridine rings is 1. The van der Waals surface area contributed by atoms with Crippen molar-refractivity contribution >= 4 is 21.1 Å². The summed E-state index contributed by atoms with van der Waals surface area (Å²) in [4.78, 5) is 10.6. The number of hydrogen-bond donors (Lipinski definition) is 2. The van der Waals surface area contributed by atoms with Crippen LogP contribution in [0.15, 0.2) is 35.6 Å². The maximum Gasteiger partial charge on any atom is 0.422 e. The third-order valence-electron chi connectivity index (χ3n) is 3.86. The largest absolute Gasteiger partial charge is 0.493 e. The van der Waals surface area contributed by atoms with Gasteiger partial charge < -0.3 is 19.2 Å². The number of alkyl halides is 3. The molecule has 0 aliphatic carbocycles. The fraction of sp³-hybridized carbons (Fsp3) is 0.294. The average molecular weight is 446 g/mol. The molecule has 0 saturated heterocycles. The third kappa shape index (κ3) is 5.10. The molecule has 3 rings (SSSR count). The molecule has 0 saturated carbocycles. The number of nitrogens with zero attached hydrogens (tertiary/aromatic N) is 2. The maximum atomic E-state index is 12.5. The van der Waals surface area contributed by atoms with Crippen LogP contribution < -0.4 is 18.9 Å². The summed E-state index contributed by atoms with van der Waals surface area (Å²) in [6.07, 6.45) is -3.09. The SMILES string of the molecule is COc1cnc(CNS(=O)(=O)c2nc3ccc(OCC(F)(F)F)cc3[nH]2)cc1OC. The lowest BCUT2D eigenvalue weighted by atomic mass is 10.3. The Balaban J connectivity index is 1.75. The van der Waals surface area contributed by atoms with E-state index in [2.05, 4.69) is 24.4 Å². The molecule has 30 heavy (non-hydrogen) atoms. The van der Waals surface area contributed by atoms with Crippen molar-refractivity contribution in [2.24, 2.45) is 0 Å². The molecule has 0 fully saturated rings. The number of fused-ring (bicyclic) bond motifs is 1. The molecule has 0 amide bonds. The molecule has 0 atom stereocenters. The van der Waals surface area contributed by atoms with Gasteiger partial charge in [-0.25, -0.2) is 18.1 Å². The zero-order valence-corrected chi connectivity index (χ0v) is 16.6. The van der Waals surface area contributed by atoms with Crippen LogP contribution in [0.25, 0.3) is 11.0 Å². The molecule has 9 nitrogen and oxygen atoms in total. The average Bonchev–Trinajstić information content (AvgIpc) is 3.14. The summed E-state index contributed by atoms with van der Waals surface area (Å²) in [6, 6.07) is 5.38. The number of halogens is 3. The van der Waals surface area contributed by atoms with Crippen LogP contribution >= 0.6 is 0 Å². The lowest BCUT2D eigenvalue weighted by Crippen LogP contribution is -2.24. The summed E-state index contributed by atoms with van der Waals surface area (Å²) < 4.78 is 79.1. The first kappa shape index (κ1) is 21.6. The molecule has 1 aromatic carbocycles. The fourth-order valence-electron chi connectivity index (χ4n) is 2.46. The van der Waals surface area contributed by atoms with Crippen molar-refractivity contribution < 1.29 is 35.8 Å². The van der Waals surface area contributed by atoms with Gasteiger partial charge in [0.15, 0.2) is 18.1 Å². The molecule has 13 heteroatoms. The van der Waals surface area contributed by atoms with Crippen LogP contribution in [0, 0.1) is 0 Å². The number of ether oxygens (including phenoxy) is 3. The van der Waals surface area contributed by atoms with Gasteiger partial charge >= 0.3 is 6.18 Å². The second kappa shape index (κ2) is 8.36. The van der Waals surface area contributed by atoms with Crippen molar-refractivity contribution in [2.75, 3.05) is 20.8 Å². The predicted molar refractivity (Wildman–Crippen MR) is 99.0 cm³/mol. The number of benzene rings is 1. The van der Waals surface area contributed by atoms with E-state index in [1.165, 1.54) is 44.7 Å². The first-order valence-electron chi connectivity index (χ1n) is 8.37. The molecule has 0 radical (unpaired) electrons. The Bertz CT molecular complexity index is 1150. The van der Waals surface area contributed by atoms with Crippen LogP contribution in [0.1, 0.15) is 5.69 Å². The van der Waals surface area contributed by atoms with Gasteiger partial charge in [-0.15, -0.1) is 0 Å². The Labute approximate surface area is 169 Å². The monoisotopic (exact) mass is 446 g/mol. The molecule has 0 aliphatic rings. The molecule has 0 bridgehead atoms. The summed E-state index contributed by atoms with van der Waals surface area (Å²) in [5.41, 5.74) is 0.827. The summed E-state index contributed by atoms with van der Waals surface area (Å²) in [5.74, 6) is 0.705. The smallest absolute Gasteiger partial charge is 0.422 e. The molecule has 0 spiro atoms. The molecule has 0 aliphatic heterocycles. The third-order valence-corrected chi connectivity index (χ3v) is 5.09. The quantitative estimate of drug-likeness (QED) is 0.546. The highest BCUT2D eigenvalue weighted by Crippen LogP contribution is 2.26. The summed E-state index contributed by atoms with van der Waals surface area (Å²) in [5, 5.41) is -0.397. The number of nitrogens with one attached hydrogen (secondary N) is 2. The number of aromatic nitrogens is 3. The molecular formula is C17H17F3N4O5S. The van der Waals surface area contributed by atoms with E-state index in [0.717, 1.165) is 0 Å². The second-order valence-electron chi connectivity index (χ2n) is 5.98. The standard InChI is InChI=1S/C17H17F3N4O5S/c1-27-14-5-10(21-8-15(14)28-2)7-22-30(25,26)16-23-12-4-3-11(6-13(12)24-16)29-9-17(18,19)20/h3-6,8,22H,7,9H2,1-2H3,(H,23,24). The van der Waals surface area contributed by atoms with Gasteiger partial charge in [-0.3, -0.25) is 4.98 Å². The molecule has 2 N–H and O–H groups in total. The van der Waals surface area contributed by atoms with E-state index < -0.39 is 28.0 Å². The predicted octanol–water partition coefficient (Wildman–Crippen LogP) is 2.39. The Kier molecular flexibility index (Phi) is 6.03. The lowest BCUT2D eigenvalue weighted by Gasteiger charge is -2.09. The Morgan fingerprint density at radius 2 is 1.87 bits per heavy atom. The number of sulfonamides is 1. The molecule has 3 aromatic rings. The van der Waals surface area contributed by atoms with E-state index in [9.17, 15) is 21.6 Å². The molecule has 2 heterocycles. The minimum Gasteiger partial charge on any atom is -0.493 e. The van der Waals surface area contributed by atoms with E-state index >= 15 is 0 Å². The van der Waals surface area contributed by atoms with Gasteiger partial charge in [0.05, 0.1) is 43.7 Å². The minimum atomic E-state index is -4.49. The van der Waals surface area contributed by atoms with Gasteiger partial charge in [-0.2, -0.15) is 13.2 Å².